The fourth-order valence-corrected chi connectivity index (χ4v) is 2.53. The third-order valence-electron chi connectivity index (χ3n) is 3.86. The van der Waals surface area contributed by atoms with Gasteiger partial charge in [0.1, 0.15) is 5.75 Å². The molecule has 0 saturated heterocycles. The molecule has 112 valence electrons. The van der Waals surface area contributed by atoms with Crippen molar-refractivity contribution in [3.05, 3.63) is 17.2 Å². The van der Waals surface area contributed by atoms with Crippen molar-refractivity contribution in [2.75, 3.05) is 17.2 Å². The van der Waals surface area contributed by atoms with Crippen molar-refractivity contribution in [1.82, 2.24) is 0 Å². The predicted molar refractivity (Wildman–Crippen MR) is 79.5 cm³/mol. The van der Waals surface area contributed by atoms with E-state index in [9.17, 15) is 9.59 Å². The van der Waals surface area contributed by atoms with Crippen molar-refractivity contribution in [2.24, 2.45) is 11.7 Å². The standard InChI is InChI=1S/C14H16ClN3O3/c1-14(16,7-2-3-7)13(20)18-9-5-11-10(4-8(9)15)17-12(19)6-21-11/h4-5,7H,2-3,6,16H2,1H3,(H,17,19)(H,18,20). The molecule has 3 rings (SSSR count). The van der Waals surface area contributed by atoms with Crippen LogP contribution in [0.25, 0.3) is 0 Å². The second-order valence-corrected chi connectivity index (χ2v) is 6.08. The molecule has 1 unspecified atom stereocenters. The maximum Gasteiger partial charge on any atom is 0.262 e. The van der Waals surface area contributed by atoms with Gasteiger partial charge in [-0.25, -0.2) is 0 Å². The predicted octanol–water partition coefficient (Wildman–Crippen LogP) is 1.74. The van der Waals surface area contributed by atoms with Crippen LogP contribution in [0.5, 0.6) is 5.75 Å². The molecule has 7 heteroatoms. The van der Waals surface area contributed by atoms with Gasteiger partial charge in [-0.2, -0.15) is 0 Å². The largest absolute Gasteiger partial charge is 0.482 e. The molecule has 1 aromatic rings. The fourth-order valence-electron chi connectivity index (χ4n) is 2.32. The molecule has 6 nitrogen and oxygen atoms in total. The molecule has 1 saturated carbocycles. The lowest BCUT2D eigenvalue weighted by molar-refractivity contribution is -0.121. The molecular formula is C14H16ClN3O3. The summed E-state index contributed by atoms with van der Waals surface area (Å²) in [5, 5.41) is 5.72. The van der Waals surface area contributed by atoms with Gasteiger partial charge < -0.3 is 21.1 Å². The molecule has 1 atom stereocenters. The Balaban J connectivity index is 1.83. The van der Waals surface area contributed by atoms with Crippen molar-refractivity contribution in [2.45, 2.75) is 25.3 Å². The van der Waals surface area contributed by atoms with Crippen LogP contribution in [0.15, 0.2) is 12.1 Å². The first-order valence-corrected chi connectivity index (χ1v) is 7.12. The SMILES string of the molecule is CC(N)(C(=O)Nc1cc2c(cc1Cl)NC(=O)CO2)C1CC1. The normalized spacial score (nSPS) is 19.9. The minimum absolute atomic E-state index is 0.0568. The molecule has 0 spiro atoms. The van der Waals surface area contributed by atoms with Crippen LogP contribution in [0.4, 0.5) is 11.4 Å². The second-order valence-electron chi connectivity index (χ2n) is 5.68. The van der Waals surface area contributed by atoms with Crippen LogP contribution in [0.1, 0.15) is 19.8 Å². The van der Waals surface area contributed by atoms with Crippen LogP contribution in [-0.4, -0.2) is 24.0 Å². The number of nitrogens with two attached hydrogens (primary N) is 1. The molecule has 2 aliphatic rings. The first-order chi connectivity index (χ1) is 9.88. The number of benzene rings is 1. The maximum absolute atomic E-state index is 12.3. The number of ether oxygens (including phenoxy) is 1. The third kappa shape index (κ3) is 2.69. The summed E-state index contributed by atoms with van der Waals surface area (Å²) in [6.07, 6.45) is 1.93. The summed E-state index contributed by atoms with van der Waals surface area (Å²) in [6.45, 7) is 1.67. The number of hydrogen-bond donors (Lipinski definition) is 3. The molecular weight excluding hydrogens is 294 g/mol. The highest BCUT2D eigenvalue weighted by Crippen LogP contribution is 2.40. The monoisotopic (exact) mass is 309 g/mol. The zero-order chi connectivity index (χ0) is 15.2. The quantitative estimate of drug-likeness (QED) is 0.792. The minimum Gasteiger partial charge on any atom is -0.482 e. The van der Waals surface area contributed by atoms with Crippen molar-refractivity contribution in [1.29, 1.82) is 0 Å². The second kappa shape index (κ2) is 4.89. The summed E-state index contributed by atoms with van der Waals surface area (Å²) in [6, 6.07) is 3.15. The van der Waals surface area contributed by atoms with Gasteiger partial charge >= 0.3 is 0 Å². The number of halogens is 1. The number of nitrogens with one attached hydrogen (secondary N) is 2. The first-order valence-electron chi connectivity index (χ1n) is 6.74. The first kappa shape index (κ1) is 14.2. The number of hydrogen-bond acceptors (Lipinski definition) is 4. The molecule has 1 fully saturated rings. The lowest BCUT2D eigenvalue weighted by atomic mass is 9.96. The van der Waals surface area contributed by atoms with Gasteiger partial charge in [-0.3, -0.25) is 9.59 Å². The third-order valence-corrected chi connectivity index (χ3v) is 4.18. The van der Waals surface area contributed by atoms with Crippen LogP contribution in [0.2, 0.25) is 5.02 Å². The minimum atomic E-state index is -0.908. The van der Waals surface area contributed by atoms with E-state index in [1.165, 1.54) is 0 Å². The average Bonchev–Trinajstić information content (AvgIpc) is 3.24. The van der Waals surface area contributed by atoms with Gasteiger partial charge in [-0.05, 0) is 31.7 Å². The Labute approximate surface area is 127 Å². The number of carbonyl (C=O) groups excluding carboxylic acids is 2. The Kier molecular flexibility index (Phi) is 3.30. The van der Waals surface area contributed by atoms with Crippen LogP contribution < -0.4 is 21.1 Å². The Bertz CT molecular complexity index is 626. The molecule has 4 N–H and O–H groups in total. The zero-order valence-electron chi connectivity index (χ0n) is 11.5. The van der Waals surface area contributed by atoms with Gasteiger partial charge in [0.2, 0.25) is 5.91 Å². The van der Waals surface area contributed by atoms with Gasteiger partial charge in [0.05, 0.1) is 21.9 Å². The lowest BCUT2D eigenvalue weighted by Crippen LogP contribution is -2.50. The van der Waals surface area contributed by atoms with Gasteiger partial charge in [0.25, 0.3) is 5.91 Å². The number of fused-ring (bicyclic) bond motifs is 1. The van der Waals surface area contributed by atoms with Crippen LogP contribution in [0.3, 0.4) is 0 Å². The average molecular weight is 310 g/mol. The molecule has 1 heterocycles. The summed E-state index contributed by atoms with van der Waals surface area (Å²) in [5.74, 6) is 0.175. The van der Waals surface area contributed by atoms with E-state index in [0.29, 0.717) is 22.1 Å². The highest BCUT2D eigenvalue weighted by molar-refractivity contribution is 6.34. The van der Waals surface area contributed by atoms with E-state index in [4.69, 9.17) is 22.1 Å². The topological polar surface area (TPSA) is 93.5 Å². The summed E-state index contributed by atoms with van der Waals surface area (Å²) < 4.78 is 5.31. The summed E-state index contributed by atoms with van der Waals surface area (Å²) in [7, 11) is 0. The molecule has 0 aromatic heterocycles. The van der Waals surface area contributed by atoms with E-state index in [2.05, 4.69) is 10.6 Å². The van der Waals surface area contributed by atoms with E-state index in [1.807, 2.05) is 0 Å². The molecule has 1 aliphatic heterocycles. The molecule has 0 bridgehead atoms. The molecule has 1 aromatic carbocycles. The van der Waals surface area contributed by atoms with Gasteiger partial charge in [0, 0.05) is 6.07 Å². The molecule has 0 radical (unpaired) electrons. The van der Waals surface area contributed by atoms with Crippen molar-refractivity contribution in [3.8, 4) is 5.75 Å². The lowest BCUT2D eigenvalue weighted by Gasteiger charge is -2.24. The maximum atomic E-state index is 12.3. The van der Waals surface area contributed by atoms with Crippen molar-refractivity contribution >= 4 is 34.8 Å². The van der Waals surface area contributed by atoms with Crippen molar-refractivity contribution < 1.29 is 14.3 Å². The van der Waals surface area contributed by atoms with Gasteiger partial charge in [0.15, 0.2) is 6.61 Å². The van der Waals surface area contributed by atoms with E-state index >= 15 is 0 Å². The van der Waals surface area contributed by atoms with Gasteiger partial charge in [-0.1, -0.05) is 11.6 Å². The summed E-state index contributed by atoms with van der Waals surface area (Å²) >= 11 is 6.14. The number of rotatable bonds is 3. The van der Waals surface area contributed by atoms with E-state index in [0.717, 1.165) is 12.8 Å². The number of amides is 2. The van der Waals surface area contributed by atoms with Gasteiger partial charge in [-0.15, -0.1) is 0 Å². The van der Waals surface area contributed by atoms with E-state index in [-0.39, 0.29) is 24.3 Å². The Hall–Kier alpha value is -1.79. The highest BCUT2D eigenvalue weighted by atomic mass is 35.5. The molecule has 2 amide bonds. The van der Waals surface area contributed by atoms with E-state index < -0.39 is 5.54 Å². The van der Waals surface area contributed by atoms with Crippen molar-refractivity contribution in [3.63, 3.8) is 0 Å². The van der Waals surface area contributed by atoms with Crippen LogP contribution in [0, 0.1) is 5.92 Å². The smallest absolute Gasteiger partial charge is 0.262 e. The summed E-state index contributed by atoms with van der Waals surface area (Å²) in [4.78, 5) is 23.5. The number of anilines is 2. The Morgan fingerprint density at radius 2 is 2.24 bits per heavy atom. The van der Waals surface area contributed by atoms with Crippen LogP contribution in [-0.2, 0) is 9.59 Å². The Morgan fingerprint density at radius 3 is 2.90 bits per heavy atom. The molecule has 21 heavy (non-hydrogen) atoms. The number of carbonyl (C=O) groups is 2. The van der Waals surface area contributed by atoms with Crippen LogP contribution >= 0.6 is 11.6 Å². The highest BCUT2D eigenvalue weighted by Gasteiger charge is 2.44. The zero-order valence-corrected chi connectivity index (χ0v) is 12.3. The Morgan fingerprint density at radius 1 is 1.52 bits per heavy atom. The summed E-state index contributed by atoms with van der Waals surface area (Å²) in [5.41, 5.74) is 6.09. The fraction of sp³-hybridized carbons (Fsp3) is 0.429. The molecule has 1 aliphatic carbocycles. The van der Waals surface area contributed by atoms with E-state index in [1.54, 1.807) is 19.1 Å².